The molecule has 0 unspecified atom stereocenters. The molecule has 0 spiro atoms. The second-order valence-electron chi connectivity index (χ2n) is 5.52. The number of hydrogen-bond acceptors (Lipinski definition) is 5. The molecule has 3 rings (SSSR count). The Morgan fingerprint density at radius 1 is 1.54 bits per heavy atom. The molecule has 8 heteroatoms. The van der Waals surface area contributed by atoms with Crippen molar-refractivity contribution < 1.29 is 9.53 Å². The number of carbonyl (C=O) groups excluding carboxylic acids is 1. The molecule has 0 aromatic carbocycles. The molecule has 1 saturated heterocycles. The number of ether oxygens (including phenoxy) is 1. The summed E-state index contributed by atoms with van der Waals surface area (Å²) in [7, 11) is 0. The molecule has 1 atom stereocenters. The van der Waals surface area contributed by atoms with Crippen molar-refractivity contribution in [3.8, 4) is 0 Å². The van der Waals surface area contributed by atoms with Gasteiger partial charge in [-0.25, -0.2) is 9.78 Å². The van der Waals surface area contributed by atoms with E-state index in [2.05, 4.69) is 26.2 Å². The normalized spacial score (nSPS) is 17.3. The summed E-state index contributed by atoms with van der Waals surface area (Å²) in [6.07, 6.45) is 5.29. The van der Waals surface area contributed by atoms with Crippen LogP contribution < -0.4 is 10.7 Å². The van der Waals surface area contributed by atoms with Gasteiger partial charge >= 0.3 is 5.97 Å². The van der Waals surface area contributed by atoms with Crippen LogP contribution in [0.1, 0.15) is 36.2 Å². The molecular weight excluding hydrogens is 398 g/mol. The molecule has 2 aromatic heterocycles. The van der Waals surface area contributed by atoms with E-state index in [0.717, 1.165) is 25.9 Å². The Morgan fingerprint density at radius 2 is 2.33 bits per heavy atom. The van der Waals surface area contributed by atoms with Gasteiger partial charge in [0.15, 0.2) is 0 Å². The fraction of sp³-hybridized carbons (Fsp3) is 0.438. The lowest BCUT2D eigenvalue weighted by atomic mass is 10.1. The highest BCUT2D eigenvalue weighted by molar-refractivity contribution is 9.10. The Kier molecular flexibility index (Phi) is 6.37. The lowest BCUT2D eigenvalue weighted by Crippen LogP contribution is -2.33. The van der Waals surface area contributed by atoms with Crippen LogP contribution in [0.5, 0.6) is 0 Å². The Labute approximate surface area is 154 Å². The molecule has 1 fully saturated rings. The van der Waals surface area contributed by atoms with E-state index in [9.17, 15) is 9.59 Å². The minimum Gasteiger partial charge on any atom is -0.462 e. The van der Waals surface area contributed by atoms with Crippen molar-refractivity contribution in [3.63, 3.8) is 0 Å². The SMILES string of the molecule is CCOC(=O)c1cn([C@H]2CCCNC2)c2ncc(Br)cc2c1=O.Cl. The van der Waals surface area contributed by atoms with Crippen molar-refractivity contribution in [1.82, 2.24) is 14.9 Å². The highest BCUT2D eigenvalue weighted by Gasteiger charge is 2.22. The highest BCUT2D eigenvalue weighted by Crippen LogP contribution is 2.23. The van der Waals surface area contributed by atoms with Gasteiger partial charge in [-0.3, -0.25) is 4.79 Å². The van der Waals surface area contributed by atoms with E-state index in [1.807, 2.05) is 4.57 Å². The van der Waals surface area contributed by atoms with Crippen LogP contribution in [-0.4, -0.2) is 35.2 Å². The smallest absolute Gasteiger partial charge is 0.343 e. The molecule has 2 aromatic rings. The Morgan fingerprint density at radius 3 is 3.00 bits per heavy atom. The minimum atomic E-state index is -0.586. The Balaban J connectivity index is 0.00000208. The Hall–Kier alpha value is -1.44. The van der Waals surface area contributed by atoms with E-state index < -0.39 is 5.97 Å². The summed E-state index contributed by atoms with van der Waals surface area (Å²) in [5, 5.41) is 3.77. The van der Waals surface area contributed by atoms with Crippen LogP contribution in [0, 0.1) is 0 Å². The van der Waals surface area contributed by atoms with Crippen molar-refractivity contribution in [1.29, 1.82) is 0 Å². The van der Waals surface area contributed by atoms with Gasteiger partial charge in [0.2, 0.25) is 5.43 Å². The quantitative estimate of drug-likeness (QED) is 0.779. The molecule has 0 amide bonds. The third-order valence-electron chi connectivity index (χ3n) is 3.99. The number of piperidine rings is 1. The van der Waals surface area contributed by atoms with Crippen molar-refractivity contribution in [2.45, 2.75) is 25.8 Å². The van der Waals surface area contributed by atoms with Gasteiger partial charge in [-0.05, 0) is 48.3 Å². The summed E-state index contributed by atoms with van der Waals surface area (Å²) in [4.78, 5) is 29.2. The summed E-state index contributed by atoms with van der Waals surface area (Å²) < 4.78 is 7.67. The molecule has 3 heterocycles. The first-order valence-corrected chi connectivity index (χ1v) is 8.49. The number of nitrogens with one attached hydrogen (secondary N) is 1. The van der Waals surface area contributed by atoms with Gasteiger partial charge in [0.1, 0.15) is 11.2 Å². The summed E-state index contributed by atoms with van der Waals surface area (Å²) in [5.74, 6) is -0.586. The number of esters is 1. The molecule has 24 heavy (non-hydrogen) atoms. The largest absolute Gasteiger partial charge is 0.462 e. The van der Waals surface area contributed by atoms with Crippen LogP contribution >= 0.6 is 28.3 Å². The summed E-state index contributed by atoms with van der Waals surface area (Å²) in [6, 6.07) is 1.87. The van der Waals surface area contributed by atoms with Crippen LogP contribution in [0.15, 0.2) is 27.7 Å². The van der Waals surface area contributed by atoms with Crippen molar-refractivity contribution in [2.75, 3.05) is 19.7 Å². The number of nitrogens with zero attached hydrogens (tertiary/aromatic N) is 2. The average molecular weight is 417 g/mol. The van der Waals surface area contributed by atoms with Gasteiger partial charge in [-0.1, -0.05) is 0 Å². The van der Waals surface area contributed by atoms with E-state index in [4.69, 9.17) is 4.74 Å². The predicted octanol–water partition coefficient (Wildman–Crippen LogP) is 2.68. The topological polar surface area (TPSA) is 73.2 Å². The molecule has 1 aliphatic heterocycles. The fourth-order valence-electron chi connectivity index (χ4n) is 2.91. The van der Waals surface area contributed by atoms with Gasteiger partial charge < -0.3 is 14.6 Å². The van der Waals surface area contributed by atoms with E-state index in [0.29, 0.717) is 15.5 Å². The summed E-state index contributed by atoms with van der Waals surface area (Å²) in [6.45, 7) is 3.73. The highest BCUT2D eigenvalue weighted by atomic mass is 79.9. The van der Waals surface area contributed by atoms with E-state index in [1.165, 1.54) is 0 Å². The number of carbonyl (C=O) groups is 1. The van der Waals surface area contributed by atoms with Crippen molar-refractivity contribution in [2.24, 2.45) is 0 Å². The number of rotatable bonds is 3. The molecule has 0 aliphatic carbocycles. The lowest BCUT2D eigenvalue weighted by molar-refractivity contribution is 0.0524. The standard InChI is InChI=1S/C16H18BrN3O3.ClH/c1-2-23-16(22)13-9-20(11-4-3-5-18-8-11)15-12(14(13)21)6-10(17)7-19-15;/h6-7,9,11,18H,2-5,8H2,1H3;1H/t11-;/m0./s1. The van der Waals surface area contributed by atoms with Crippen LogP contribution in [0.2, 0.25) is 0 Å². The van der Waals surface area contributed by atoms with E-state index >= 15 is 0 Å². The van der Waals surface area contributed by atoms with Crippen LogP contribution in [-0.2, 0) is 4.74 Å². The van der Waals surface area contributed by atoms with Crippen molar-refractivity contribution >= 4 is 45.3 Å². The molecule has 6 nitrogen and oxygen atoms in total. The van der Waals surface area contributed by atoms with Gasteiger partial charge in [0.25, 0.3) is 0 Å². The maximum atomic E-state index is 12.6. The fourth-order valence-corrected chi connectivity index (χ4v) is 3.24. The van der Waals surface area contributed by atoms with Crippen LogP contribution in [0.4, 0.5) is 0 Å². The molecule has 0 bridgehead atoms. The molecule has 1 N–H and O–H groups in total. The summed E-state index contributed by atoms with van der Waals surface area (Å²) in [5.41, 5.74) is 0.317. The van der Waals surface area contributed by atoms with Gasteiger partial charge in [-0.15, -0.1) is 12.4 Å². The zero-order chi connectivity index (χ0) is 16.4. The van der Waals surface area contributed by atoms with Gasteiger partial charge in [-0.2, -0.15) is 0 Å². The molecule has 130 valence electrons. The van der Waals surface area contributed by atoms with Crippen LogP contribution in [0.25, 0.3) is 11.0 Å². The minimum absolute atomic E-state index is 0. The van der Waals surface area contributed by atoms with E-state index in [1.54, 1.807) is 25.4 Å². The number of pyridine rings is 2. The monoisotopic (exact) mass is 415 g/mol. The van der Waals surface area contributed by atoms with E-state index in [-0.39, 0.29) is 36.0 Å². The van der Waals surface area contributed by atoms with Gasteiger partial charge in [0.05, 0.1) is 12.0 Å². The zero-order valence-corrected chi connectivity index (χ0v) is 15.7. The maximum absolute atomic E-state index is 12.6. The number of hydrogen-bond donors (Lipinski definition) is 1. The maximum Gasteiger partial charge on any atom is 0.343 e. The number of aromatic nitrogens is 2. The first-order valence-electron chi connectivity index (χ1n) is 7.70. The lowest BCUT2D eigenvalue weighted by Gasteiger charge is -2.27. The molecule has 0 saturated carbocycles. The summed E-state index contributed by atoms with van der Waals surface area (Å²) >= 11 is 3.34. The Bertz CT molecular complexity index is 803. The second-order valence-corrected chi connectivity index (χ2v) is 6.44. The third kappa shape index (κ3) is 3.63. The zero-order valence-electron chi connectivity index (χ0n) is 13.3. The predicted molar refractivity (Wildman–Crippen MR) is 98.0 cm³/mol. The first-order chi connectivity index (χ1) is 11.1. The first kappa shape index (κ1) is 18.9. The number of fused-ring (bicyclic) bond motifs is 1. The molecule has 1 aliphatic rings. The average Bonchev–Trinajstić information content (AvgIpc) is 2.56. The van der Waals surface area contributed by atoms with Gasteiger partial charge in [0, 0.05) is 29.5 Å². The molecular formula is C16H19BrClN3O3. The van der Waals surface area contributed by atoms with Crippen molar-refractivity contribution in [3.05, 3.63) is 38.7 Å². The number of halogens is 2. The van der Waals surface area contributed by atoms with Crippen LogP contribution in [0.3, 0.4) is 0 Å². The molecule has 0 radical (unpaired) electrons. The third-order valence-corrected chi connectivity index (χ3v) is 4.43. The second kappa shape index (κ2) is 8.09.